The van der Waals surface area contributed by atoms with E-state index in [0.29, 0.717) is 41.4 Å². The first-order valence-electron chi connectivity index (χ1n) is 9.50. The standard InChI is InChI=1S/C21H23N3O4/c1-3-24-12-17-16(21(24)26)10-15(20(23-17)27-2)11-22-19(25)14-6-7-18-13(9-14)5-4-8-28-18/h6-7,9-10H,3-5,8,11-12H2,1-2H3,(H,22,25). The SMILES string of the molecule is CCN1Cc2nc(OC)c(CNC(=O)c3ccc4c(c3)CCCO4)cc2C1=O. The Morgan fingerprint density at radius 3 is 3.00 bits per heavy atom. The molecule has 0 radical (unpaired) electrons. The number of pyridine rings is 1. The molecule has 0 fully saturated rings. The Labute approximate surface area is 163 Å². The number of rotatable bonds is 5. The summed E-state index contributed by atoms with van der Waals surface area (Å²) in [6, 6.07) is 7.27. The van der Waals surface area contributed by atoms with E-state index in [9.17, 15) is 9.59 Å². The summed E-state index contributed by atoms with van der Waals surface area (Å²) in [5.41, 5.74) is 3.62. The number of methoxy groups -OCH3 is 1. The highest BCUT2D eigenvalue weighted by molar-refractivity contribution is 5.98. The second-order valence-corrected chi connectivity index (χ2v) is 6.93. The molecule has 0 spiro atoms. The van der Waals surface area contributed by atoms with E-state index >= 15 is 0 Å². The third kappa shape index (κ3) is 3.28. The smallest absolute Gasteiger partial charge is 0.256 e. The zero-order valence-electron chi connectivity index (χ0n) is 16.1. The maximum atomic E-state index is 12.6. The van der Waals surface area contributed by atoms with Gasteiger partial charge in [-0.25, -0.2) is 4.98 Å². The van der Waals surface area contributed by atoms with E-state index in [-0.39, 0.29) is 18.4 Å². The lowest BCUT2D eigenvalue weighted by Crippen LogP contribution is -2.24. The Morgan fingerprint density at radius 1 is 1.36 bits per heavy atom. The third-order valence-corrected chi connectivity index (χ3v) is 5.18. The first-order valence-corrected chi connectivity index (χ1v) is 9.50. The largest absolute Gasteiger partial charge is 0.493 e. The second kappa shape index (κ2) is 7.50. The summed E-state index contributed by atoms with van der Waals surface area (Å²) in [6.07, 6.45) is 1.87. The van der Waals surface area contributed by atoms with Crippen LogP contribution in [0.5, 0.6) is 11.6 Å². The average molecular weight is 381 g/mol. The molecule has 3 heterocycles. The van der Waals surface area contributed by atoms with Crippen LogP contribution in [0, 0.1) is 0 Å². The summed E-state index contributed by atoms with van der Waals surface area (Å²) >= 11 is 0. The molecule has 2 aromatic rings. The van der Waals surface area contributed by atoms with Gasteiger partial charge in [0.15, 0.2) is 0 Å². The summed E-state index contributed by atoms with van der Waals surface area (Å²) in [5, 5.41) is 2.90. The zero-order chi connectivity index (χ0) is 19.7. The van der Waals surface area contributed by atoms with Crippen LogP contribution in [0.3, 0.4) is 0 Å². The van der Waals surface area contributed by atoms with Gasteiger partial charge in [-0.2, -0.15) is 0 Å². The van der Waals surface area contributed by atoms with Crippen molar-refractivity contribution < 1.29 is 19.1 Å². The number of hydrogen-bond donors (Lipinski definition) is 1. The van der Waals surface area contributed by atoms with Crippen molar-refractivity contribution in [2.24, 2.45) is 0 Å². The number of carbonyl (C=O) groups excluding carboxylic acids is 2. The van der Waals surface area contributed by atoms with Gasteiger partial charge in [0.05, 0.1) is 31.5 Å². The van der Waals surface area contributed by atoms with E-state index in [1.54, 1.807) is 17.0 Å². The Hall–Kier alpha value is -3.09. The number of benzene rings is 1. The van der Waals surface area contributed by atoms with Crippen LogP contribution >= 0.6 is 0 Å². The molecule has 7 nitrogen and oxygen atoms in total. The normalized spacial score (nSPS) is 14.9. The number of hydrogen-bond acceptors (Lipinski definition) is 5. The summed E-state index contributed by atoms with van der Waals surface area (Å²) < 4.78 is 11.0. The fourth-order valence-corrected chi connectivity index (χ4v) is 3.64. The van der Waals surface area contributed by atoms with Crippen molar-refractivity contribution in [2.75, 3.05) is 20.3 Å². The number of nitrogens with zero attached hydrogens (tertiary/aromatic N) is 2. The number of carbonyl (C=O) groups is 2. The first kappa shape index (κ1) is 18.3. The summed E-state index contributed by atoms with van der Waals surface area (Å²) in [4.78, 5) is 31.2. The maximum absolute atomic E-state index is 12.6. The average Bonchev–Trinajstić information content (AvgIpc) is 3.05. The van der Waals surface area contributed by atoms with Crippen molar-refractivity contribution in [2.45, 2.75) is 32.9 Å². The van der Waals surface area contributed by atoms with Gasteiger partial charge in [-0.05, 0) is 49.6 Å². The lowest BCUT2D eigenvalue weighted by atomic mass is 10.0. The number of aryl methyl sites for hydroxylation is 1. The van der Waals surface area contributed by atoms with Gasteiger partial charge in [-0.3, -0.25) is 9.59 Å². The Kier molecular flexibility index (Phi) is 4.90. The van der Waals surface area contributed by atoms with Crippen LogP contribution in [0.15, 0.2) is 24.3 Å². The molecule has 1 aromatic carbocycles. The number of fused-ring (bicyclic) bond motifs is 2. The highest BCUT2D eigenvalue weighted by Gasteiger charge is 2.29. The molecule has 1 N–H and O–H groups in total. The molecule has 2 aliphatic heterocycles. The lowest BCUT2D eigenvalue weighted by Gasteiger charge is -2.17. The van der Waals surface area contributed by atoms with Crippen LogP contribution in [0.25, 0.3) is 0 Å². The van der Waals surface area contributed by atoms with E-state index in [4.69, 9.17) is 9.47 Å². The quantitative estimate of drug-likeness (QED) is 0.860. The van der Waals surface area contributed by atoms with E-state index in [2.05, 4.69) is 10.3 Å². The van der Waals surface area contributed by atoms with E-state index in [1.807, 2.05) is 19.1 Å². The van der Waals surface area contributed by atoms with Crippen LogP contribution < -0.4 is 14.8 Å². The molecule has 4 rings (SSSR count). The number of ether oxygens (including phenoxy) is 2. The Bertz CT molecular complexity index is 941. The van der Waals surface area contributed by atoms with Gasteiger partial charge in [0.2, 0.25) is 5.88 Å². The van der Waals surface area contributed by atoms with Crippen LogP contribution in [0.1, 0.15) is 50.9 Å². The molecule has 0 saturated carbocycles. The zero-order valence-corrected chi connectivity index (χ0v) is 16.1. The summed E-state index contributed by atoms with van der Waals surface area (Å²) in [5.74, 6) is 1.07. The minimum absolute atomic E-state index is 0.0325. The van der Waals surface area contributed by atoms with Crippen molar-refractivity contribution >= 4 is 11.8 Å². The molecule has 0 bridgehead atoms. The molecule has 0 saturated heterocycles. The number of aromatic nitrogens is 1. The van der Waals surface area contributed by atoms with Gasteiger partial charge < -0.3 is 19.7 Å². The molecule has 0 aliphatic carbocycles. The van der Waals surface area contributed by atoms with E-state index in [0.717, 1.165) is 30.8 Å². The molecule has 2 aliphatic rings. The highest BCUT2D eigenvalue weighted by atomic mass is 16.5. The van der Waals surface area contributed by atoms with E-state index in [1.165, 1.54) is 7.11 Å². The van der Waals surface area contributed by atoms with Crippen LogP contribution in [0.4, 0.5) is 0 Å². The first-order chi connectivity index (χ1) is 13.6. The van der Waals surface area contributed by atoms with Crippen molar-refractivity contribution in [1.29, 1.82) is 0 Å². The van der Waals surface area contributed by atoms with Gasteiger partial charge in [-0.15, -0.1) is 0 Å². The van der Waals surface area contributed by atoms with Gasteiger partial charge in [-0.1, -0.05) is 0 Å². The molecule has 7 heteroatoms. The monoisotopic (exact) mass is 381 g/mol. The Balaban J connectivity index is 1.51. The topological polar surface area (TPSA) is 80.8 Å². The summed E-state index contributed by atoms with van der Waals surface area (Å²) in [7, 11) is 1.54. The molecule has 0 atom stereocenters. The third-order valence-electron chi connectivity index (χ3n) is 5.18. The summed E-state index contributed by atoms with van der Waals surface area (Å²) in [6.45, 7) is 4.01. The fourth-order valence-electron chi connectivity index (χ4n) is 3.64. The number of amides is 2. The second-order valence-electron chi connectivity index (χ2n) is 6.93. The van der Waals surface area contributed by atoms with Crippen LogP contribution in [0.2, 0.25) is 0 Å². The van der Waals surface area contributed by atoms with Crippen molar-refractivity contribution in [3.63, 3.8) is 0 Å². The molecule has 2 amide bonds. The predicted octanol–water partition coefficient (Wildman–Crippen LogP) is 2.32. The number of nitrogens with one attached hydrogen (secondary N) is 1. The van der Waals surface area contributed by atoms with Gasteiger partial charge in [0.25, 0.3) is 11.8 Å². The molecule has 146 valence electrons. The van der Waals surface area contributed by atoms with E-state index < -0.39 is 0 Å². The molecular formula is C21H23N3O4. The maximum Gasteiger partial charge on any atom is 0.256 e. The Morgan fingerprint density at radius 2 is 2.21 bits per heavy atom. The van der Waals surface area contributed by atoms with Crippen molar-refractivity contribution in [3.05, 3.63) is 52.2 Å². The van der Waals surface area contributed by atoms with Gasteiger partial charge >= 0.3 is 0 Å². The van der Waals surface area contributed by atoms with Crippen molar-refractivity contribution in [3.8, 4) is 11.6 Å². The van der Waals surface area contributed by atoms with Crippen LogP contribution in [-0.4, -0.2) is 42.0 Å². The molecular weight excluding hydrogens is 358 g/mol. The van der Waals surface area contributed by atoms with Gasteiger partial charge in [0.1, 0.15) is 5.75 Å². The minimum atomic E-state index is -0.183. The fraction of sp³-hybridized carbons (Fsp3) is 0.381. The lowest BCUT2D eigenvalue weighted by molar-refractivity contribution is 0.0786. The molecule has 0 unspecified atom stereocenters. The molecule has 1 aromatic heterocycles. The highest BCUT2D eigenvalue weighted by Crippen LogP contribution is 2.28. The molecule has 28 heavy (non-hydrogen) atoms. The minimum Gasteiger partial charge on any atom is -0.493 e. The predicted molar refractivity (Wildman–Crippen MR) is 103 cm³/mol. The van der Waals surface area contributed by atoms with Gasteiger partial charge in [0, 0.05) is 24.2 Å². The van der Waals surface area contributed by atoms with Crippen molar-refractivity contribution in [1.82, 2.24) is 15.2 Å². The van der Waals surface area contributed by atoms with Crippen LogP contribution in [-0.2, 0) is 19.5 Å².